The zero-order valence-electron chi connectivity index (χ0n) is 12.1. The van der Waals surface area contributed by atoms with Crippen LogP contribution in [0.2, 0.25) is 15.1 Å². The average Bonchev–Trinajstić information content (AvgIpc) is 3.02. The van der Waals surface area contributed by atoms with E-state index < -0.39 is 0 Å². The van der Waals surface area contributed by atoms with Crippen molar-refractivity contribution in [1.82, 2.24) is 20.2 Å². The fourth-order valence-corrected chi connectivity index (χ4v) is 2.54. The summed E-state index contributed by atoms with van der Waals surface area (Å²) in [6.07, 6.45) is 0. The van der Waals surface area contributed by atoms with Crippen molar-refractivity contribution in [2.75, 3.05) is 5.32 Å². The molecule has 0 bridgehead atoms. The first-order valence-electron chi connectivity index (χ1n) is 6.80. The molecule has 0 saturated carbocycles. The van der Waals surface area contributed by atoms with Crippen LogP contribution < -0.4 is 5.32 Å². The summed E-state index contributed by atoms with van der Waals surface area (Å²) in [5.74, 6) is 0.0725. The first-order chi connectivity index (χ1) is 11.5. The van der Waals surface area contributed by atoms with Crippen molar-refractivity contribution in [3.8, 4) is 11.4 Å². The highest BCUT2D eigenvalue weighted by atomic mass is 35.5. The van der Waals surface area contributed by atoms with E-state index in [2.05, 4.69) is 20.7 Å². The van der Waals surface area contributed by atoms with Crippen LogP contribution in [-0.2, 0) is 11.3 Å². The molecule has 24 heavy (non-hydrogen) atoms. The smallest absolute Gasteiger partial charge is 0.248 e. The van der Waals surface area contributed by atoms with Crippen LogP contribution in [-0.4, -0.2) is 26.1 Å². The molecule has 2 aromatic carbocycles. The van der Waals surface area contributed by atoms with Crippen LogP contribution in [0, 0.1) is 0 Å². The van der Waals surface area contributed by atoms with Crippen LogP contribution in [0.15, 0.2) is 42.5 Å². The van der Waals surface area contributed by atoms with Gasteiger partial charge < -0.3 is 5.32 Å². The molecule has 3 rings (SSSR count). The number of nitrogens with one attached hydrogen (secondary N) is 1. The number of nitrogens with zero attached hydrogens (tertiary/aromatic N) is 4. The molecule has 0 radical (unpaired) electrons. The normalized spacial score (nSPS) is 10.6. The summed E-state index contributed by atoms with van der Waals surface area (Å²) in [4.78, 5) is 13.3. The third-order valence-electron chi connectivity index (χ3n) is 3.05. The number of carbonyl (C=O) groups excluding carboxylic acids is 1. The second-order valence-electron chi connectivity index (χ2n) is 4.80. The molecule has 9 heteroatoms. The third kappa shape index (κ3) is 3.84. The van der Waals surface area contributed by atoms with Gasteiger partial charge in [-0.15, -0.1) is 10.2 Å². The summed E-state index contributed by atoms with van der Waals surface area (Å²) >= 11 is 17.8. The minimum Gasteiger partial charge on any atom is -0.323 e. The molecule has 0 atom stereocenters. The van der Waals surface area contributed by atoms with E-state index in [4.69, 9.17) is 34.8 Å². The number of hydrogen-bond donors (Lipinski definition) is 1. The van der Waals surface area contributed by atoms with Gasteiger partial charge in [0.15, 0.2) is 0 Å². The minimum absolute atomic E-state index is 0.115. The summed E-state index contributed by atoms with van der Waals surface area (Å²) in [6, 6.07) is 12.3. The van der Waals surface area contributed by atoms with Crippen LogP contribution in [0.25, 0.3) is 11.4 Å². The van der Waals surface area contributed by atoms with Crippen LogP contribution in [0.5, 0.6) is 0 Å². The number of benzene rings is 2. The Hall–Kier alpha value is -2.15. The summed E-state index contributed by atoms with van der Waals surface area (Å²) in [5.41, 5.74) is 1.18. The first kappa shape index (κ1) is 16.7. The Bertz CT molecular complexity index is 882. The molecule has 0 spiro atoms. The molecule has 1 heterocycles. The van der Waals surface area contributed by atoms with Crippen molar-refractivity contribution in [2.45, 2.75) is 6.54 Å². The quantitative estimate of drug-likeness (QED) is 0.694. The number of amides is 1. The number of aromatic nitrogens is 4. The Balaban J connectivity index is 1.70. The van der Waals surface area contributed by atoms with Crippen molar-refractivity contribution in [1.29, 1.82) is 0 Å². The lowest BCUT2D eigenvalue weighted by Gasteiger charge is -2.08. The van der Waals surface area contributed by atoms with E-state index in [1.807, 2.05) is 30.3 Å². The largest absolute Gasteiger partial charge is 0.323 e. The summed E-state index contributed by atoms with van der Waals surface area (Å²) < 4.78 is 0. The van der Waals surface area contributed by atoms with Gasteiger partial charge in [-0.2, -0.15) is 4.80 Å². The summed E-state index contributed by atoms with van der Waals surface area (Å²) in [7, 11) is 0. The highest BCUT2D eigenvalue weighted by Crippen LogP contribution is 2.32. The van der Waals surface area contributed by atoms with Crippen LogP contribution in [0.4, 0.5) is 5.69 Å². The maximum absolute atomic E-state index is 12.1. The molecule has 0 aliphatic rings. The van der Waals surface area contributed by atoms with Crippen molar-refractivity contribution >= 4 is 46.4 Å². The highest BCUT2D eigenvalue weighted by molar-refractivity contribution is 6.44. The van der Waals surface area contributed by atoms with Gasteiger partial charge in [0.1, 0.15) is 6.54 Å². The fraction of sp³-hybridized carbons (Fsp3) is 0.0667. The van der Waals surface area contributed by atoms with Crippen LogP contribution in [0.3, 0.4) is 0 Å². The lowest BCUT2D eigenvalue weighted by molar-refractivity contribution is -0.117. The van der Waals surface area contributed by atoms with Crippen LogP contribution >= 0.6 is 34.8 Å². The summed E-state index contributed by atoms with van der Waals surface area (Å²) in [6.45, 7) is -0.115. The maximum atomic E-state index is 12.1. The van der Waals surface area contributed by atoms with Crippen molar-refractivity contribution in [2.24, 2.45) is 0 Å². The molecule has 6 nitrogen and oxygen atoms in total. The lowest BCUT2D eigenvalue weighted by Crippen LogP contribution is -2.20. The molecule has 122 valence electrons. The molecule has 0 fully saturated rings. The Morgan fingerprint density at radius 3 is 2.50 bits per heavy atom. The van der Waals surface area contributed by atoms with E-state index in [0.717, 1.165) is 5.56 Å². The summed E-state index contributed by atoms with van der Waals surface area (Å²) in [5, 5.41) is 15.5. The van der Waals surface area contributed by atoms with Gasteiger partial charge in [-0.25, -0.2) is 0 Å². The van der Waals surface area contributed by atoms with E-state index in [9.17, 15) is 4.79 Å². The van der Waals surface area contributed by atoms with E-state index in [0.29, 0.717) is 21.6 Å². The number of anilines is 1. The van der Waals surface area contributed by atoms with Crippen molar-refractivity contribution < 1.29 is 4.79 Å². The Kier molecular flexibility index (Phi) is 4.99. The van der Waals surface area contributed by atoms with E-state index >= 15 is 0 Å². The molecule has 0 unspecified atom stereocenters. The zero-order chi connectivity index (χ0) is 17.1. The topological polar surface area (TPSA) is 72.7 Å². The Morgan fingerprint density at radius 1 is 1.04 bits per heavy atom. The minimum atomic E-state index is -0.368. The van der Waals surface area contributed by atoms with Gasteiger partial charge in [0, 0.05) is 5.56 Å². The molecule has 0 saturated heterocycles. The predicted octanol–water partition coefficient (Wildman–Crippen LogP) is 3.94. The first-order valence-corrected chi connectivity index (χ1v) is 7.94. The van der Waals surface area contributed by atoms with Crippen molar-refractivity contribution in [3.63, 3.8) is 0 Å². The maximum Gasteiger partial charge on any atom is 0.248 e. The molecule has 0 aliphatic carbocycles. The number of halogens is 3. The molecule has 1 amide bonds. The molecular formula is C15H10Cl3N5O. The number of carbonyl (C=O) groups is 1. The number of tetrazole rings is 1. The van der Waals surface area contributed by atoms with Crippen molar-refractivity contribution in [3.05, 3.63) is 57.5 Å². The molecule has 1 N–H and O–H groups in total. The predicted molar refractivity (Wildman–Crippen MR) is 93.4 cm³/mol. The van der Waals surface area contributed by atoms with Crippen LogP contribution in [0.1, 0.15) is 0 Å². The second kappa shape index (κ2) is 7.17. The number of hydrogen-bond acceptors (Lipinski definition) is 4. The van der Waals surface area contributed by atoms with Gasteiger partial charge in [0.25, 0.3) is 0 Å². The standard InChI is InChI=1S/C15H10Cl3N5O/c16-10-6-12(18)13(7-11(10)17)19-14(24)8-23-21-15(20-22-23)9-4-2-1-3-5-9/h1-7H,8H2,(H,19,24). The van der Waals surface area contributed by atoms with Gasteiger partial charge >= 0.3 is 0 Å². The Labute approximate surface area is 152 Å². The zero-order valence-corrected chi connectivity index (χ0v) is 14.3. The average molecular weight is 383 g/mol. The van der Waals surface area contributed by atoms with Gasteiger partial charge in [-0.1, -0.05) is 65.1 Å². The fourth-order valence-electron chi connectivity index (χ4n) is 1.95. The van der Waals surface area contributed by atoms with Gasteiger partial charge in [-0.05, 0) is 17.3 Å². The molecular weight excluding hydrogens is 373 g/mol. The highest BCUT2D eigenvalue weighted by Gasteiger charge is 2.12. The van der Waals surface area contributed by atoms with Gasteiger partial charge in [-0.3, -0.25) is 4.79 Å². The van der Waals surface area contributed by atoms with E-state index in [1.54, 1.807) is 0 Å². The van der Waals surface area contributed by atoms with Gasteiger partial charge in [0.2, 0.25) is 11.7 Å². The SMILES string of the molecule is O=C(Cn1nnc(-c2ccccc2)n1)Nc1cc(Cl)c(Cl)cc1Cl. The number of rotatable bonds is 4. The Morgan fingerprint density at radius 2 is 1.75 bits per heavy atom. The second-order valence-corrected chi connectivity index (χ2v) is 6.03. The van der Waals surface area contributed by atoms with E-state index in [1.165, 1.54) is 16.9 Å². The van der Waals surface area contributed by atoms with E-state index in [-0.39, 0.29) is 17.5 Å². The lowest BCUT2D eigenvalue weighted by atomic mass is 10.2. The molecule has 1 aromatic heterocycles. The third-order valence-corrected chi connectivity index (χ3v) is 4.09. The molecule has 3 aromatic rings. The van der Waals surface area contributed by atoms with Gasteiger partial charge in [0.05, 0.1) is 20.8 Å². The molecule has 0 aliphatic heterocycles. The monoisotopic (exact) mass is 381 g/mol.